The Morgan fingerprint density at radius 2 is 1.72 bits per heavy atom. The van der Waals surface area contributed by atoms with Crippen LogP contribution in [0.15, 0.2) is 30.3 Å². The van der Waals surface area contributed by atoms with Gasteiger partial charge in [-0.3, -0.25) is 4.79 Å². The van der Waals surface area contributed by atoms with Crippen LogP contribution in [0, 0.1) is 11.8 Å². The summed E-state index contributed by atoms with van der Waals surface area (Å²) < 4.78 is 0. The Morgan fingerprint density at radius 3 is 2.33 bits per heavy atom. The molecule has 3 heteroatoms. The van der Waals surface area contributed by atoms with Crippen LogP contribution in [0.1, 0.15) is 5.56 Å². The quantitative estimate of drug-likeness (QED) is 0.781. The molecule has 18 heavy (non-hydrogen) atoms. The minimum absolute atomic E-state index is 0.290. The van der Waals surface area contributed by atoms with Crippen molar-refractivity contribution in [1.29, 1.82) is 0 Å². The maximum atomic E-state index is 12.2. The smallest absolute Gasteiger partial charge is 0.227 e. The molecule has 1 aromatic carbocycles. The predicted octanol–water partition coefficient (Wildman–Crippen LogP) is 1.25. The zero-order chi connectivity index (χ0) is 12.5. The number of amides is 1. The molecule has 0 spiro atoms. The Balaban J connectivity index is 1.59. The van der Waals surface area contributed by atoms with Crippen molar-refractivity contribution in [2.24, 2.45) is 11.8 Å². The molecule has 0 N–H and O–H groups in total. The molecule has 2 aliphatic heterocycles. The van der Waals surface area contributed by atoms with E-state index in [-0.39, 0.29) is 0 Å². The molecule has 1 aromatic rings. The van der Waals surface area contributed by atoms with Crippen LogP contribution in [-0.2, 0) is 11.2 Å². The van der Waals surface area contributed by atoms with E-state index in [0.717, 1.165) is 31.7 Å². The number of rotatable bonds is 2. The number of carbonyl (C=O) groups is 1. The molecule has 2 fully saturated rings. The summed E-state index contributed by atoms with van der Waals surface area (Å²) in [7, 11) is 2.18. The van der Waals surface area contributed by atoms with Gasteiger partial charge in [0.15, 0.2) is 0 Å². The van der Waals surface area contributed by atoms with Crippen molar-refractivity contribution >= 4 is 5.91 Å². The highest BCUT2D eigenvalue weighted by atomic mass is 16.2. The maximum absolute atomic E-state index is 12.2. The Kier molecular flexibility index (Phi) is 3.08. The molecule has 0 aromatic heterocycles. The summed E-state index contributed by atoms with van der Waals surface area (Å²) in [5.74, 6) is 1.70. The van der Waals surface area contributed by atoms with Gasteiger partial charge in [-0.1, -0.05) is 30.3 Å². The van der Waals surface area contributed by atoms with Crippen LogP contribution < -0.4 is 0 Å². The third-order valence-electron chi connectivity index (χ3n) is 4.22. The summed E-state index contributed by atoms with van der Waals surface area (Å²) in [5, 5.41) is 0. The zero-order valence-electron chi connectivity index (χ0n) is 10.9. The summed E-state index contributed by atoms with van der Waals surface area (Å²) in [4.78, 5) is 16.7. The van der Waals surface area contributed by atoms with Crippen LogP contribution in [0.4, 0.5) is 0 Å². The van der Waals surface area contributed by atoms with Crippen LogP contribution in [0.3, 0.4) is 0 Å². The Hall–Kier alpha value is -1.35. The van der Waals surface area contributed by atoms with Crippen molar-refractivity contribution in [1.82, 2.24) is 9.80 Å². The lowest BCUT2D eigenvalue weighted by atomic mass is 10.0. The first kappa shape index (κ1) is 11.7. The largest absolute Gasteiger partial charge is 0.342 e. The third kappa shape index (κ3) is 2.27. The van der Waals surface area contributed by atoms with E-state index in [1.807, 2.05) is 30.3 Å². The van der Waals surface area contributed by atoms with Gasteiger partial charge >= 0.3 is 0 Å². The molecule has 0 bridgehead atoms. The first-order chi connectivity index (χ1) is 8.72. The van der Waals surface area contributed by atoms with Crippen molar-refractivity contribution in [3.8, 4) is 0 Å². The van der Waals surface area contributed by atoms with Crippen LogP contribution in [-0.4, -0.2) is 48.9 Å². The highest BCUT2D eigenvalue weighted by Crippen LogP contribution is 2.30. The standard InChI is InChI=1S/C15H20N2O/c1-16-8-13-10-17(11-14(13)9-16)15(18)7-12-5-3-2-4-6-12/h2-6,13-14H,7-11H2,1H3/t13-,14-/m0/s1. The van der Waals surface area contributed by atoms with E-state index in [9.17, 15) is 4.79 Å². The van der Waals surface area contributed by atoms with E-state index < -0.39 is 0 Å². The van der Waals surface area contributed by atoms with Crippen LogP contribution in [0.2, 0.25) is 0 Å². The number of hydrogen-bond donors (Lipinski definition) is 0. The van der Waals surface area contributed by atoms with Gasteiger partial charge in [0, 0.05) is 26.2 Å². The second-order valence-corrected chi connectivity index (χ2v) is 5.70. The van der Waals surface area contributed by atoms with E-state index in [2.05, 4.69) is 16.8 Å². The highest BCUT2D eigenvalue weighted by molar-refractivity contribution is 5.79. The number of likely N-dealkylation sites (tertiary alicyclic amines) is 2. The Bertz CT molecular complexity index is 417. The fourth-order valence-electron chi connectivity index (χ4n) is 3.31. The zero-order valence-corrected chi connectivity index (χ0v) is 10.9. The molecule has 3 rings (SSSR count). The third-order valence-corrected chi connectivity index (χ3v) is 4.22. The van der Waals surface area contributed by atoms with Gasteiger partial charge in [0.1, 0.15) is 0 Å². The van der Waals surface area contributed by atoms with Gasteiger partial charge in [-0.25, -0.2) is 0 Å². The van der Waals surface area contributed by atoms with Crippen molar-refractivity contribution in [2.75, 3.05) is 33.2 Å². The van der Waals surface area contributed by atoms with Gasteiger partial charge in [-0.05, 0) is 24.4 Å². The summed E-state index contributed by atoms with van der Waals surface area (Å²) in [6.45, 7) is 4.22. The van der Waals surface area contributed by atoms with Gasteiger partial charge in [-0.15, -0.1) is 0 Å². The number of nitrogens with zero attached hydrogens (tertiary/aromatic N) is 2. The summed E-state index contributed by atoms with van der Waals surface area (Å²) in [5.41, 5.74) is 1.12. The van der Waals surface area contributed by atoms with E-state index in [0.29, 0.717) is 24.2 Å². The number of hydrogen-bond acceptors (Lipinski definition) is 2. The molecule has 0 aliphatic carbocycles. The topological polar surface area (TPSA) is 23.6 Å². The lowest BCUT2D eigenvalue weighted by Gasteiger charge is -2.19. The molecule has 0 radical (unpaired) electrons. The SMILES string of the molecule is CN1C[C@H]2CN(C(=O)Cc3ccccc3)C[C@@H]2C1. The summed E-state index contributed by atoms with van der Waals surface area (Å²) >= 11 is 0. The van der Waals surface area contributed by atoms with E-state index in [1.54, 1.807) is 0 Å². The molecule has 96 valence electrons. The van der Waals surface area contributed by atoms with Crippen molar-refractivity contribution < 1.29 is 4.79 Å². The highest BCUT2D eigenvalue weighted by Gasteiger charge is 2.40. The maximum Gasteiger partial charge on any atom is 0.227 e. The average molecular weight is 244 g/mol. The van der Waals surface area contributed by atoms with Crippen LogP contribution in [0.25, 0.3) is 0 Å². The van der Waals surface area contributed by atoms with Crippen molar-refractivity contribution in [2.45, 2.75) is 6.42 Å². The lowest BCUT2D eigenvalue weighted by Crippen LogP contribution is -2.33. The van der Waals surface area contributed by atoms with Gasteiger partial charge in [0.25, 0.3) is 0 Å². The fourth-order valence-corrected chi connectivity index (χ4v) is 3.31. The molecule has 1 amide bonds. The second kappa shape index (κ2) is 4.73. The predicted molar refractivity (Wildman–Crippen MR) is 71.2 cm³/mol. The van der Waals surface area contributed by atoms with Gasteiger partial charge in [0.05, 0.1) is 6.42 Å². The van der Waals surface area contributed by atoms with Gasteiger partial charge in [0.2, 0.25) is 5.91 Å². The van der Waals surface area contributed by atoms with E-state index in [4.69, 9.17) is 0 Å². The van der Waals surface area contributed by atoms with Crippen molar-refractivity contribution in [3.63, 3.8) is 0 Å². The molecular formula is C15H20N2O. The molecule has 3 nitrogen and oxygen atoms in total. The molecule has 2 heterocycles. The number of fused-ring (bicyclic) bond motifs is 1. The molecular weight excluding hydrogens is 224 g/mol. The minimum Gasteiger partial charge on any atom is -0.342 e. The fraction of sp³-hybridized carbons (Fsp3) is 0.533. The second-order valence-electron chi connectivity index (χ2n) is 5.70. The van der Waals surface area contributed by atoms with E-state index in [1.165, 1.54) is 0 Å². The molecule has 0 saturated carbocycles. The lowest BCUT2D eigenvalue weighted by molar-refractivity contribution is -0.129. The van der Waals surface area contributed by atoms with Gasteiger partial charge in [-0.2, -0.15) is 0 Å². The molecule has 2 saturated heterocycles. The summed E-state index contributed by atoms with van der Waals surface area (Å²) in [6, 6.07) is 10.0. The van der Waals surface area contributed by atoms with Gasteiger partial charge < -0.3 is 9.80 Å². The first-order valence-corrected chi connectivity index (χ1v) is 6.72. The van der Waals surface area contributed by atoms with E-state index >= 15 is 0 Å². The minimum atomic E-state index is 0.290. The number of carbonyl (C=O) groups excluding carboxylic acids is 1. The normalized spacial score (nSPS) is 27.5. The Labute approximate surface area is 108 Å². The Morgan fingerprint density at radius 1 is 1.11 bits per heavy atom. The van der Waals surface area contributed by atoms with Crippen molar-refractivity contribution in [3.05, 3.63) is 35.9 Å². The van der Waals surface area contributed by atoms with Crippen LogP contribution >= 0.6 is 0 Å². The monoisotopic (exact) mass is 244 g/mol. The molecule has 0 unspecified atom stereocenters. The average Bonchev–Trinajstić information content (AvgIpc) is 2.87. The number of benzene rings is 1. The molecule has 2 atom stereocenters. The first-order valence-electron chi connectivity index (χ1n) is 6.72. The van der Waals surface area contributed by atoms with Crippen LogP contribution in [0.5, 0.6) is 0 Å². The summed E-state index contributed by atoms with van der Waals surface area (Å²) in [6.07, 6.45) is 0.552. The molecule has 2 aliphatic rings.